The van der Waals surface area contributed by atoms with Gasteiger partial charge in [-0.1, -0.05) is 18.2 Å². The minimum Gasteiger partial charge on any atom is -0.365 e. The number of aryl methyl sites for hydroxylation is 1. The molecule has 0 fully saturated rings. The first-order chi connectivity index (χ1) is 14.8. The highest BCUT2D eigenvalue weighted by Gasteiger charge is 2.24. The summed E-state index contributed by atoms with van der Waals surface area (Å²) in [5.41, 5.74) is 8.17. The highest BCUT2D eigenvalue weighted by atomic mass is 32.1. The molecule has 0 radical (unpaired) electrons. The SMILES string of the molecule is CCOP(=O)(Cc1cccc(-c2nc(-c3cc(C(N)=O)c(=O)[nH]c3C)cs2)c1)OCC. The number of hydrogen-bond donors (Lipinski definition) is 2. The minimum atomic E-state index is -3.22. The molecule has 31 heavy (non-hydrogen) atoms. The lowest BCUT2D eigenvalue weighted by molar-refractivity contribution is 0.0999. The van der Waals surface area contributed by atoms with Crippen LogP contribution in [-0.4, -0.2) is 29.1 Å². The van der Waals surface area contributed by atoms with Crippen molar-refractivity contribution in [2.24, 2.45) is 5.73 Å². The highest BCUT2D eigenvalue weighted by Crippen LogP contribution is 2.51. The van der Waals surface area contributed by atoms with Gasteiger partial charge in [0.25, 0.3) is 11.5 Å². The molecule has 0 spiro atoms. The van der Waals surface area contributed by atoms with Gasteiger partial charge in [0.15, 0.2) is 0 Å². The molecule has 0 saturated carbocycles. The van der Waals surface area contributed by atoms with Crippen molar-refractivity contribution in [1.29, 1.82) is 0 Å². The van der Waals surface area contributed by atoms with Gasteiger partial charge in [-0.05, 0) is 38.5 Å². The summed E-state index contributed by atoms with van der Waals surface area (Å²) in [6, 6.07) is 9.01. The standard InChI is InChI=1S/C21H24N3O5PS/c1-4-28-30(27,29-5-2)11-14-7-6-8-15(9-14)21-24-18(12-31-21)16-10-17(19(22)25)20(26)23-13(16)3/h6-10,12H,4-5,11H2,1-3H3,(H2,22,25)(H,23,26). The van der Waals surface area contributed by atoms with Crippen LogP contribution in [0, 0.1) is 6.92 Å². The number of hydrogen-bond acceptors (Lipinski definition) is 7. The van der Waals surface area contributed by atoms with Crippen LogP contribution in [0.3, 0.4) is 0 Å². The first-order valence-corrected chi connectivity index (χ1v) is 12.3. The van der Waals surface area contributed by atoms with E-state index in [2.05, 4.69) is 9.97 Å². The van der Waals surface area contributed by atoms with Crippen LogP contribution in [0.4, 0.5) is 0 Å². The molecule has 0 unspecified atom stereocenters. The van der Waals surface area contributed by atoms with Gasteiger partial charge in [-0.3, -0.25) is 14.2 Å². The van der Waals surface area contributed by atoms with Crippen LogP contribution >= 0.6 is 18.9 Å². The maximum absolute atomic E-state index is 12.8. The predicted octanol–water partition coefficient (Wildman–Crippen LogP) is 4.34. The van der Waals surface area contributed by atoms with Crippen molar-refractivity contribution >= 4 is 24.8 Å². The molecule has 3 rings (SSSR count). The van der Waals surface area contributed by atoms with E-state index in [1.165, 1.54) is 17.4 Å². The van der Waals surface area contributed by atoms with E-state index in [0.29, 0.717) is 30.2 Å². The summed E-state index contributed by atoms with van der Waals surface area (Å²) < 4.78 is 23.6. The number of amides is 1. The van der Waals surface area contributed by atoms with Gasteiger partial charge in [0, 0.05) is 22.2 Å². The van der Waals surface area contributed by atoms with E-state index in [-0.39, 0.29) is 11.7 Å². The number of H-pyrrole nitrogens is 1. The molecular formula is C21H24N3O5PS. The summed E-state index contributed by atoms with van der Waals surface area (Å²) in [7, 11) is -3.22. The molecule has 0 aliphatic carbocycles. The number of nitrogens with zero attached hydrogens (tertiary/aromatic N) is 1. The molecule has 0 bridgehead atoms. The zero-order valence-electron chi connectivity index (χ0n) is 17.5. The molecule has 0 aliphatic heterocycles. The van der Waals surface area contributed by atoms with Crippen LogP contribution < -0.4 is 11.3 Å². The van der Waals surface area contributed by atoms with Crippen LogP contribution in [0.1, 0.15) is 35.5 Å². The summed E-state index contributed by atoms with van der Waals surface area (Å²) in [5, 5.41) is 2.59. The number of primary amides is 1. The maximum Gasteiger partial charge on any atom is 0.335 e. The number of rotatable bonds is 9. The fourth-order valence-corrected chi connectivity index (χ4v) is 5.66. The van der Waals surface area contributed by atoms with Crippen LogP contribution in [0.15, 0.2) is 40.5 Å². The van der Waals surface area contributed by atoms with Crippen molar-refractivity contribution in [2.75, 3.05) is 13.2 Å². The van der Waals surface area contributed by atoms with Crippen LogP contribution in [0.25, 0.3) is 21.8 Å². The molecule has 1 amide bonds. The molecule has 3 N–H and O–H groups in total. The summed E-state index contributed by atoms with van der Waals surface area (Å²) >= 11 is 1.42. The van der Waals surface area contributed by atoms with Gasteiger partial charge in [0.05, 0.1) is 25.1 Å². The first-order valence-electron chi connectivity index (χ1n) is 9.73. The summed E-state index contributed by atoms with van der Waals surface area (Å²) in [5.74, 6) is -0.793. The van der Waals surface area contributed by atoms with E-state index >= 15 is 0 Å². The Bertz CT molecular complexity index is 1190. The van der Waals surface area contributed by atoms with Crippen molar-refractivity contribution in [3.8, 4) is 21.8 Å². The Labute approximate surface area is 184 Å². The molecule has 10 heteroatoms. The number of carbonyl (C=O) groups is 1. The second-order valence-corrected chi connectivity index (χ2v) is 9.67. The van der Waals surface area contributed by atoms with Crippen LogP contribution in [-0.2, 0) is 19.8 Å². The third-order valence-electron chi connectivity index (χ3n) is 4.49. The van der Waals surface area contributed by atoms with E-state index in [1.807, 2.05) is 29.6 Å². The summed E-state index contributed by atoms with van der Waals surface area (Å²) in [6.45, 7) is 5.90. The third kappa shape index (κ3) is 5.37. The summed E-state index contributed by atoms with van der Waals surface area (Å²) in [6.07, 6.45) is 0.168. The van der Waals surface area contributed by atoms with E-state index in [0.717, 1.165) is 16.1 Å². The van der Waals surface area contributed by atoms with Crippen LogP contribution in [0.2, 0.25) is 0 Å². The molecule has 0 atom stereocenters. The Morgan fingerprint density at radius 3 is 2.58 bits per heavy atom. The quantitative estimate of drug-likeness (QED) is 0.457. The number of pyridine rings is 1. The van der Waals surface area contributed by atoms with Gasteiger partial charge in [-0.25, -0.2) is 4.98 Å². The van der Waals surface area contributed by atoms with Crippen molar-refractivity contribution < 1.29 is 18.4 Å². The molecule has 0 aliphatic rings. The highest BCUT2D eigenvalue weighted by molar-refractivity contribution is 7.53. The molecule has 2 heterocycles. The van der Waals surface area contributed by atoms with E-state index in [9.17, 15) is 14.2 Å². The van der Waals surface area contributed by atoms with Crippen molar-refractivity contribution in [3.05, 3.63) is 62.9 Å². The van der Waals surface area contributed by atoms with Crippen LogP contribution in [0.5, 0.6) is 0 Å². The number of nitrogens with two attached hydrogens (primary N) is 1. The van der Waals surface area contributed by atoms with Gasteiger partial charge in [-0.15, -0.1) is 11.3 Å². The Hall–Kier alpha value is -2.58. The first kappa shape index (κ1) is 23.1. The third-order valence-corrected chi connectivity index (χ3v) is 7.43. The number of aromatic nitrogens is 2. The molecule has 164 valence electrons. The second-order valence-electron chi connectivity index (χ2n) is 6.76. The Kier molecular flexibility index (Phi) is 7.23. The van der Waals surface area contributed by atoms with E-state index in [4.69, 9.17) is 14.8 Å². The average Bonchev–Trinajstić information content (AvgIpc) is 3.18. The molecule has 2 aromatic heterocycles. The molecule has 0 saturated heterocycles. The smallest absolute Gasteiger partial charge is 0.335 e. The minimum absolute atomic E-state index is 0.111. The maximum atomic E-state index is 12.8. The number of nitrogens with one attached hydrogen (secondary N) is 1. The van der Waals surface area contributed by atoms with Crippen molar-refractivity contribution in [2.45, 2.75) is 26.9 Å². The molecule has 8 nitrogen and oxygen atoms in total. The lowest BCUT2D eigenvalue weighted by Gasteiger charge is -2.17. The van der Waals surface area contributed by atoms with Gasteiger partial charge in [-0.2, -0.15) is 0 Å². The number of aromatic amines is 1. The summed E-state index contributed by atoms with van der Waals surface area (Å²) in [4.78, 5) is 30.8. The van der Waals surface area contributed by atoms with Gasteiger partial charge < -0.3 is 19.8 Å². The number of carbonyl (C=O) groups excluding carboxylic acids is 1. The zero-order valence-corrected chi connectivity index (χ0v) is 19.2. The van der Waals surface area contributed by atoms with Crippen molar-refractivity contribution in [1.82, 2.24) is 9.97 Å². The average molecular weight is 461 g/mol. The van der Waals surface area contributed by atoms with Gasteiger partial charge in [0.1, 0.15) is 10.6 Å². The topological polar surface area (TPSA) is 124 Å². The fraction of sp³-hybridized carbons (Fsp3) is 0.286. The second kappa shape index (κ2) is 9.70. The lowest BCUT2D eigenvalue weighted by Crippen LogP contribution is -2.24. The Morgan fingerprint density at radius 1 is 1.23 bits per heavy atom. The van der Waals surface area contributed by atoms with Gasteiger partial charge in [0.2, 0.25) is 0 Å². The Morgan fingerprint density at radius 2 is 1.94 bits per heavy atom. The van der Waals surface area contributed by atoms with Gasteiger partial charge >= 0.3 is 7.60 Å². The zero-order chi connectivity index (χ0) is 22.6. The number of benzene rings is 1. The normalized spacial score (nSPS) is 11.6. The lowest BCUT2D eigenvalue weighted by atomic mass is 10.1. The monoisotopic (exact) mass is 461 g/mol. The fourth-order valence-electron chi connectivity index (χ4n) is 3.15. The largest absolute Gasteiger partial charge is 0.365 e. The molecular weight excluding hydrogens is 437 g/mol. The van der Waals surface area contributed by atoms with Crippen molar-refractivity contribution in [3.63, 3.8) is 0 Å². The van der Waals surface area contributed by atoms with E-state index < -0.39 is 19.1 Å². The molecule has 1 aromatic carbocycles. The Balaban J connectivity index is 1.93. The molecule has 3 aromatic rings. The number of thiazole rings is 1. The van der Waals surface area contributed by atoms with E-state index in [1.54, 1.807) is 20.8 Å². The predicted molar refractivity (Wildman–Crippen MR) is 121 cm³/mol.